The fraction of sp³-hybridized carbons (Fsp3) is 0.333. The van der Waals surface area contributed by atoms with Gasteiger partial charge in [-0.25, -0.2) is 9.37 Å². The molecule has 214 valence electrons. The second-order valence-electron chi connectivity index (χ2n) is 9.41. The number of nitrogens with one attached hydrogen (secondary N) is 1. The number of nitrogens with two attached hydrogens (primary N) is 1. The lowest BCUT2D eigenvalue weighted by atomic mass is 9.89. The molecule has 0 bridgehead atoms. The fourth-order valence-electron chi connectivity index (χ4n) is 4.18. The Bertz CT molecular complexity index is 1450. The normalized spacial score (nSPS) is 17.9. The minimum absolute atomic E-state index is 0.0312. The topological polar surface area (TPSA) is 116 Å². The monoisotopic (exact) mass is 583 g/mol. The molecule has 2 atom stereocenters. The third kappa shape index (κ3) is 5.38. The number of carbonyl (C=O) groups excluding carboxylic acids is 1. The van der Waals surface area contributed by atoms with Crippen LogP contribution in [0, 0.1) is 5.82 Å². The van der Waals surface area contributed by atoms with E-state index in [4.69, 9.17) is 31.5 Å². The Morgan fingerprint density at radius 1 is 1.23 bits per heavy atom. The van der Waals surface area contributed by atoms with Gasteiger partial charge in [-0.3, -0.25) is 4.79 Å². The van der Waals surface area contributed by atoms with E-state index in [2.05, 4.69) is 10.3 Å². The van der Waals surface area contributed by atoms with E-state index in [1.54, 1.807) is 6.92 Å². The second kappa shape index (κ2) is 10.8. The van der Waals surface area contributed by atoms with Crippen molar-refractivity contribution < 1.29 is 41.7 Å². The molecule has 40 heavy (non-hydrogen) atoms. The van der Waals surface area contributed by atoms with Crippen molar-refractivity contribution in [2.75, 3.05) is 26.9 Å². The van der Waals surface area contributed by atoms with E-state index in [9.17, 15) is 27.5 Å². The second-order valence-corrected chi connectivity index (χ2v) is 9.81. The van der Waals surface area contributed by atoms with E-state index in [-0.39, 0.29) is 45.5 Å². The standard InChI is InChI=1S/C27H26ClF4N3O5/c1-4-39-19-8-6-15(10-20(19)38-3)24(36)34-12-26(37,27(30,31)32)21-11-16-23(40-13-25(16,2)33)22(35-21)14-5-7-18(29)17(28)9-14/h5-11,37H,4,12-13,33H2,1-3H3,(H,34,36)/t25-,26?/m1/s1. The molecule has 0 spiro atoms. The van der Waals surface area contributed by atoms with Gasteiger partial charge in [-0.15, -0.1) is 0 Å². The van der Waals surface area contributed by atoms with Crippen LogP contribution in [0.3, 0.4) is 0 Å². The molecule has 1 aromatic heterocycles. The van der Waals surface area contributed by atoms with E-state index in [0.717, 1.165) is 12.1 Å². The first-order valence-electron chi connectivity index (χ1n) is 12.0. The molecule has 2 aromatic carbocycles. The number of alkyl halides is 3. The summed E-state index contributed by atoms with van der Waals surface area (Å²) in [6.45, 7) is 2.24. The predicted molar refractivity (Wildman–Crippen MR) is 138 cm³/mol. The summed E-state index contributed by atoms with van der Waals surface area (Å²) in [5, 5.41) is 12.9. The van der Waals surface area contributed by atoms with Crippen molar-refractivity contribution in [2.45, 2.75) is 31.2 Å². The van der Waals surface area contributed by atoms with Crippen molar-refractivity contribution in [1.82, 2.24) is 10.3 Å². The van der Waals surface area contributed by atoms with Crippen LogP contribution in [0.25, 0.3) is 11.3 Å². The van der Waals surface area contributed by atoms with Crippen LogP contribution in [0.1, 0.15) is 35.5 Å². The van der Waals surface area contributed by atoms with Gasteiger partial charge in [-0.1, -0.05) is 11.6 Å². The lowest BCUT2D eigenvalue weighted by Gasteiger charge is -2.31. The Hall–Kier alpha value is -3.61. The van der Waals surface area contributed by atoms with E-state index in [1.165, 1.54) is 44.4 Å². The zero-order valence-electron chi connectivity index (χ0n) is 21.7. The molecule has 1 amide bonds. The number of amides is 1. The molecule has 0 fully saturated rings. The van der Waals surface area contributed by atoms with Crippen LogP contribution >= 0.6 is 11.6 Å². The lowest BCUT2D eigenvalue weighted by Crippen LogP contribution is -2.51. The SMILES string of the molecule is CCOc1ccc(C(=O)NCC(O)(c2cc3c(c(-c4ccc(F)c(Cl)c4)n2)OC[C@@]3(C)N)C(F)(F)F)cc1OC. The third-order valence-corrected chi connectivity index (χ3v) is 6.71. The lowest BCUT2D eigenvalue weighted by molar-refractivity contribution is -0.265. The number of fused-ring (bicyclic) bond motifs is 1. The molecule has 8 nitrogen and oxygen atoms in total. The van der Waals surface area contributed by atoms with Gasteiger partial charge < -0.3 is 30.4 Å². The number of aliphatic hydroxyl groups is 1. The summed E-state index contributed by atoms with van der Waals surface area (Å²) in [6.07, 6.45) is -5.29. The van der Waals surface area contributed by atoms with Crippen molar-refractivity contribution in [3.8, 4) is 28.5 Å². The maximum Gasteiger partial charge on any atom is 0.424 e. The number of benzene rings is 2. The minimum Gasteiger partial charge on any atom is -0.493 e. The van der Waals surface area contributed by atoms with Crippen molar-refractivity contribution in [2.24, 2.45) is 5.73 Å². The highest BCUT2D eigenvalue weighted by Gasteiger charge is 2.57. The number of hydrogen-bond acceptors (Lipinski definition) is 7. The molecule has 4 N–H and O–H groups in total. The molecule has 0 saturated heterocycles. The summed E-state index contributed by atoms with van der Waals surface area (Å²) in [5.41, 5.74) is 0.658. The molecule has 13 heteroatoms. The number of methoxy groups -OCH3 is 1. The number of rotatable bonds is 8. The first-order chi connectivity index (χ1) is 18.7. The van der Waals surface area contributed by atoms with Gasteiger partial charge in [0.15, 0.2) is 17.2 Å². The Kier molecular flexibility index (Phi) is 7.90. The molecule has 0 saturated carbocycles. The molecular formula is C27H26ClF4N3O5. The zero-order chi connectivity index (χ0) is 29.5. The number of pyridine rings is 1. The van der Waals surface area contributed by atoms with Gasteiger partial charge in [0, 0.05) is 16.7 Å². The van der Waals surface area contributed by atoms with E-state index < -0.39 is 41.3 Å². The molecule has 1 aliphatic rings. The Morgan fingerprint density at radius 2 is 1.95 bits per heavy atom. The Morgan fingerprint density at radius 3 is 2.58 bits per heavy atom. The Balaban J connectivity index is 1.76. The number of carbonyl (C=O) groups is 1. The maximum absolute atomic E-state index is 14.5. The summed E-state index contributed by atoms with van der Waals surface area (Å²) in [6, 6.07) is 8.54. The van der Waals surface area contributed by atoms with Crippen LogP contribution in [0.2, 0.25) is 5.02 Å². The largest absolute Gasteiger partial charge is 0.493 e. The molecule has 0 aliphatic carbocycles. The first-order valence-corrected chi connectivity index (χ1v) is 12.4. The first kappa shape index (κ1) is 29.4. The van der Waals surface area contributed by atoms with Gasteiger partial charge in [0.25, 0.3) is 5.91 Å². The van der Waals surface area contributed by atoms with Gasteiger partial charge in [0.1, 0.15) is 18.1 Å². The predicted octanol–water partition coefficient (Wildman–Crippen LogP) is 4.69. The number of hydrogen-bond donors (Lipinski definition) is 3. The van der Waals surface area contributed by atoms with Crippen LogP contribution in [0.4, 0.5) is 17.6 Å². The quantitative estimate of drug-likeness (QED) is 0.329. The summed E-state index contributed by atoms with van der Waals surface area (Å²) < 4.78 is 73.5. The van der Waals surface area contributed by atoms with Crippen molar-refractivity contribution in [1.29, 1.82) is 0 Å². The smallest absolute Gasteiger partial charge is 0.424 e. The molecule has 0 radical (unpaired) electrons. The molecule has 3 aromatic rings. The molecular weight excluding hydrogens is 558 g/mol. The highest BCUT2D eigenvalue weighted by molar-refractivity contribution is 6.31. The van der Waals surface area contributed by atoms with E-state index in [1.807, 2.05) is 0 Å². The summed E-state index contributed by atoms with van der Waals surface area (Å²) in [4.78, 5) is 16.9. The average molecular weight is 584 g/mol. The summed E-state index contributed by atoms with van der Waals surface area (Å²) in [7, 11) is 1.35. The average Bonchev–Trinajstić information content (AvgIpc) is 3.22. The molecule has 4 rings (SSSR count). The van der Waals surface area contributed by atoms with Crippen molar-refractivity contribution in [3.05, 3.63) is 70.1 Å². The molecule has 2 heterocycles. The summed E-state index contributed by atoms with van der Waals surface area (Å²) >= 11 is 5.90. The van der Waals surface area contributed by atoms with E-state index >= 15 is 0 Å². The van der Waals surface area contributed by atoms with E-state index in [0.29, 0.717) is 12.4 Å². The minimum atomic E-state index is -5.29. The molecule has 1 unspecified atom stereocenters. The highest BCUT2D eigenvalue weighted by Crippen LogP contribution is 2.46. The van der Waals surface area contributed by atoms with Crippen molar-refractivity contribution >= 4 is 17.5 Å². The number of aromatic nitrogens is 1. The number of nitrogens with zero attached hydrogens (tertiary/aromatic N) is 1. The van der Waals surface area contributed by atoms with Gasteiger partial charge in [0.05, 0.1) is 36.5 Å². The highest BCUT2D eigenvalue weighted by atomic mass is 35.5. The Labute approximate surface area is 232 Å². The van der Waals surface area contributed by atoms with Gasteiger partial charge in [-0.05, 0) is 56.3 Å². The van der Waals surface area contributed by atoms with Crippen molar-refractivity contribution in [3.63, 3.8) is 0 Å². The van der Waals surface area contributed by atoms with Crippen LogP contribution < -0.4 is 25.3 Å². The van der Waals surface area contributed by atoms with Crippen LogP contribution in [0.15, 0.2) is 42.5 Å². The van der Waals surface area contributed by atoms with Crippen LogP contribution in [-0.2, 0) is 11.1 Å². The zero-order valence-corrected chi connectivity index (χ0v) is 22.4. The van der Waals surface area contributed by atoms with Gasteiger partial charge in [0.2, 0.25) is 5.60 Å². The van der Waals surface area contributed by atoms with Gasteiger partial charge in [-0.2, -0.15) is 13.2 Å². The van der Waals surface area contributed by atoms with Crippen LogP contribution in [0.5, 0.6) is 17.2 Å². The van der Waals surface area contributed by atoms with Crippen LogP contribution in [-0.4, -0.2) is 49.0 Å². The third-order valence-electron chi connectivity index (χ3n) is 6.42. The molecule has 1 aliphatic heterocycles. The summed E-state index contributed by atoms with van der Waals surface area (Å²) in [5.74, 6) is -1.04. The van der Waals surface area contributed by atoms with Gasteiger partial charge >= 0.3 is 6.18 Å². The fourth-order valence-corrected chi connectivity index (χ4v) is 4.36. The maximum atomic E-state index is 14.5. The number of halogens is 5. The number of ether oxygens (including phenoxy) is 3.